The Hall–Kier alpha value is -0.860. The van der Waals surface area contributed by atoms with Gasteiger partial charge in [0.15, 0.2) is 0 Å². The van der Waals surface area contributed by atoms with Crippen molar-refractivity contribution in [2.75, 3.05) is 0 Å². The van der Waals surface area contributed by atoms with Gasteiger partial charge in [0.1, 0.15) is 4.90 Å². The molecule has 0 fully saturated rings. The van der Waals surface area contributed by atoms with Crippen LogP contribution < -0.4 is 11.3 Å². The highest BCUT2D eigenvalue weighted by Crippen LogP contribution is 3.02. The fourth-order valence-electron chi connectivity index (χ4n) is 1.11. The molecule has 16 heavy (non-hydrogen) atoms. The molecule has 0 saturated carbocycles. The van der Waals surface area contributed by atoms with Gasteiger partial charge in [0.25, 0.3) is 0 Å². The average molecular weight is 262 g/mol. The summed E-state index contributed by atoms with van der Waals surface area (Å²) in [6.45, 7) is 1.59. The van der Waals surface area contributed by atoms with Gasteiger partial charge < -0.3 is 0 Å². The van der Waals surface area contributed by atoms with Crippen molar-refractivity contribution in [3.8, 4) is 0 Å². The Kier molecular flexibility index (Phi) is 2.54. The van der Waals surface area contributed by atoms with Crippen LogP contribution in [-0.4, -0.2) is 0 Å². The summed E-state index contributed by atoms with van der Waals surface area (Å²) in [6, 6.07) is 2.26. The maximum Gasteiger partial charge on any atom is 0.310 e. The molecule has 0 aliphatic carbocycles. The second-order valence-electron chi connectivity index (χ2n) is 3.43. The van der Waals surface area contributed by atoms with E-state index in [-0.39, 0.29) is 0 Å². The molecule has 0 amide bonds. The van der Waals surface area contributed by atoms with E-state index < -0.39 is 21.2 Å². The number of halogens is 5. The third-order valence-electron chi connectivity index (χ3n) is 2.08. The van der Waals surface area contributed by atoms with Gasteiger partial charge >= 0.3 is 10.2 Å². The Morgan fingerprint density at radius 2 is 1.50 bits per heavy atom. The van der Waals surface area contributed by atoms with E-state index in [1.165, 1.54) is 0 Å². The Morgan fingerprint density at radius 3 is 1.81 bits per heavy atom. The van der Waals surface area contributed by atoms with Crippen LogP contribution >= 0.6 is 10.2 Å². The number of hydrogen-bond donors (Lipinski definition) is 2. The first-order chi connectivity index (χ1) is 6.94. The van der Waals surface area contributed by atoms with Crippen LogP contribution in [0.5, 0.6) is 0 Å². The van der Waals surface area contributed by atoms with Crippen LogP contribution in [0.4, 0.5) is 19.4 Å². The highest BCUT2D eigenvalue weighted by atomic mass is 32.5. The van der Waals surface area contributed by atoms with E-state index in [2.05, 4.69) is 5.43 Å². The number of nitrogens with two attached hydrogens (primary N) is 1. The zero-order chi connectivity index (χ0) is 12.7. The molecule has 1 aromatic carbocycles. The fraction of sp³-hybridized carbons (Fsp3) is 0.250. The number of hydrazine groups is 1. The minimum atomic E-state index is -9.55. The van der Waals surface area contributed by atoms with E-state index in [9.17, 15) is 19.4 Å². The average Bonchev–Trinajstić information content (AvgIpc) is 2.13. The SMILES string of the molecule is CC(NN)c1ccc(S(F)(F)(F)(F)F)cc1. The van der Waals surface area contributed by atoms with Gasteiger partial charge in [0.05, 0.1) is 0 Å². The first-order valence-electron chi connectivity index (χ1n) is 4.24. The molecule has 0 radical (unpaired) electrons. The summed E-state index contributed by atoms with van der Waals surface area (Å²) in [5, 5.41) is 0. The smallest absolute Gasteiger partial charge is 0.271 e. The quantitative estimate of drug-likeness (QED) is 0.493. The van der Waals surface area contributed by atoms with E-state index in [4.69, 9.17) is 5.84 Å². The molecule has 0 heterocycles. The summed E-state index contributed by atoms with van der Waals surface area (Å²) in [7, 11) is -9.55. The molecule has 94 valence electrons. The van der Waals surface area contributed by atoms with Crippen molar-refractivity contribution in [2.45, 2.75) is 17.9 Å². The Labute approximate surface area is 89.3 Å². The van der Waals surface area contributed by atoms with Crippen LogP contribution in [0.25, 0.3) is 0 Å². The largest absolute Gasteiger partial charge is 0.310 e. The lowest BCUT2D eigenvalue weighted by Crippen LogP contribution is -2.25. The minimum absolute atomic E-state index is 0.366. The van der Waals surface area contributed by atoms with Crippen molar-refractivity contribution in [3.63, 3.8) is 0 Å². The molecule has 0 aromatic heterocycles. The third kappa shape index (κ3) is 3.06. The molecule has 1 unspecified atom stereocenters. The molecule has 8 heteroatoms. The Balaban J connectivity index is 3.16. The predicted molar refractivity (Wildman–Crippen MR) is 53.6 cm³/mol. The number of nitrogens with one attached hydrogen (secondary N) is 1. The highest BCUT2D eigenvalue weighted by Gasteiger charge is 2.65. The maximum atomic E-state index is 12.3. The van der Waals surface area contributed by atoms with Crippen molar-refractivity contribution in [1.82, 2.24) is 5.43 Å². The molecular weight excluding hydrogens is 251 g/mol. The van der Waals surface area contributed by atoms with Gasteiger partial charge in [0, 0.05) is 6.04 Å². The summed E-state index contributed by atoms with van der Waals surface area (Å²) in [6.07, 6.45) is 0. The molecule has 0 aliphatic heterocycles. The lowest BCUT2D eigenvalue weighted by atomic mass is 10.1. The van der Waals surface area contributed by atoms with Crippen LogP contribution in [0.3, 0.4) is 0 Å². The molecule has 0 spiro atoms. The maximum absolute atomic E-state index is 12.3. The van der Waals surface area contributed by atoms with Crippen LogP contribution in [0, 0.1) is 0 Å². The van der Waals surface area contributed by atoms with E-state index in [0.29, 0.717) is 17.7 Å². The Bertz CT molecular complexity index is 384. The van der Waals surface area contributed by atoms with Crippen molar-refractivity contribution in [1.29, 1.82) is 0 Å². The van der Waals surface area contributed by atoms with Crippen molar-refractivity contribution < 1.29 is 19.4 Å². The topological polar surface area (TPSA) is 38.0 Å². The summed E-state index contributed by atoms with van der Waals surface area (Å²) in [5.74, 6) is 5.07. The van der Waals surface area contributed by atoms with E-state index in [0.717, 1.165) is 12.1 Å². The van der Waals surface area contributed by atoms with Crippen LogP contribution in [0.1, 0.15) is 18.5 Å². The van der Waals surface area contributed by atoms with Gasteiger partial charge in [-0.2, -0.15) is 0 Å². The summed E-state index contributed by atoms with van der Waals surface area (Å²) in [5.41, 5.74) is 2.70. The number of rotatable bonds is 3. The molecule has 0 aliphatic rings. The van der Waals surface area contributed by atoms with Gasteiger partial charge in [-0.05, 0) is 24.6 Å². The van der Waals surface area contributed by atoms with Gasteiger partial charge in [-0.15, -0.1) is 0 Å². The van der Waals surface area contributed by atoms with E-state index in [1.54, 1.807) is 6.92 Å². The lowest BCUT2D eigenvalue weighted by molar-refractivity contribution is 0.364. The van der Waals surface area contributed by atoms with Crippen LogP contribution in [-0.2, 0) is 0 Å². The monoisotopic (exact) mass is 262 g/mol. The second-order valence-corrected chi connectivity index (χ2v) is 5.84. The summed E-state index contributed by atoms with van der Waals surface area (Å²) >= 11 is 0. The van der Waals surface area contributed by atoms with Crippen molar-refractivity contribution in [3.05, 3.63) is 29.8 Å². The molecule has 1 atom stereocenters. The second kappa shape index (κ2) is 3.08. The molecule has 0 bridgehead atoms. The molecule has 1 aromatic rings. The standard InChI is InChI=1S/C8H11F5N2S/c1-6(15-14)7-2-4-8(5-3-7)16(9,10,11,12)13/h2-6,15H,14H2,1H3. The van der Waals surface area contributed by atoms with Gasteiger partial charge in [0.2, 0.25) is 0 Å². The van der Waals surface area contributed by atoms with Gasteiger partial charge in [-0.1, -0.05) is 31.6 Å². The molecule has 1 rings (SSSR count). The fourth-order valence-corrected chi connectivity index (χ4v) is 1.76. The third-order valence-corrected chi connectivity index (χ3v) is 3.24. The van der Waals surface area contributed by atoms with E-state index in [1.807, 2.05) is 0 Å². The molecule has 0 saturated heterocycles. The van der Waals surface area contributed by atoms with Crippen LogP contribution in [0.15, 0.2) is 29.2 Å². The predicted octanol–water partition coefficient (Wildman–Crippen LogP) is 3.87. The highest BCUT2D eigenvalue weighted by molar-refractivity contribution is 8.45. The zero-order valence-electron chi connectivity index (χ0n) is 8.26. The Morgan fingerprint density at radius 1 is 1.06 bits per heavy atom. The van der Waals surface area contributed by atoms with Crippen LogP contribution in [0.2, 0.25) is 0 Å². The van der Waals surface area contributed by atoms with E-state index >= 15 is 0 Å². The summed E-state index contributed by atoms with van der Waals surface area (Å²) < 4.78 is 61.6. The molecule has 2 nitrogen and oxygen atoms in total. The van der Waals surface area contributed by atoms with Gasteiger partial charge in [-0.25, -0.2) is 0 Å². The zero-order valence-corrected chi connectivity index (χ0v) is 9.08. The number of hydrogen-bond acceptors (Lipinski definition) is 2. The minimum Gasteiger partial charge on any atom is -0.271 e. The first kappa shape index (κ1) is 13.2. The number of benzene rings is 1. The normalized spacial score (nSPS) is 18.7. The molecule has 3 N–H and O–H groups in total. The van der Waals surface area contributed by atoms with Crippen molar-refractivity contribution >= 4 is 10.2 Å². The van der Waals surface area contributed by atoms with Crippen molar-refractivity contribution in [2.24, 2.45) is 5.84 Å². The first-order valence-corrected chi connectivity index (χ1v) is 6.19. The lowest BCUT2D eigenvalue weighted by Gasteiger charge is -2.40. The van der Waals surface area contributed by atoms with Gasteiger partial charge in [-0.3, -0.25) is 11.3 Å². The molecular formula is C8H11F5N2S. The summed E-state index contributed by atoms with van der Waals surface area (Å²) in [4.78, 5) is -1.90.